The normalized spacial score (nSPS) is 40.6. The zero-order chi connectivity index (χ0) is 12.5. The summed E-state index contributed by atoms with van der Waals surface area (Å²) in [5.41, 5.74) is 0. The van der Waals surface area contributed by atoms with Gasteiger partial charge in [-0.25, -0.2) is 0 Å². The van der Waals surface area contributed by atoms with Crippen LogP contribution in [0.3, 0.4) is 0 Å². The smallest absolute Gasteiger partial charge is 0.239 e. The molecule has 1 N–H and O–H groups in total. The molecule has 18 heavy (non-hydrogen) atoms. The molecule has 1 aliphatic carbocycles. The van der Waals surface area contributed by atoms with Crippen molar-refractivity contribution >= 4 is 5.91 Å². The quantitative estimate of drug-likeness (QED) is 0.773. The number of nitrogens with one attached hydrogen (secondary N) is 1. The van der Waals surface area contributed by atoms with Crippen LogP contribution in [0.5, 0.6) is 0 Å². The van der Waals surface area contributed by atoms with Crippen molar-refractivity contribution in [2.45, 2.75) is 64.0 Å². The van der Waals surface area contributed by atoms with Gasteiger partial charge in [0, 0.05) is 12.6 Å². The zero-order valence-electron chi connectivity index (χ0n) is 11.5. The molecule has 3 heteroatoms. The molecule has 0 aromatic heterocycles. The van der Waals surface area contributed by atoms with Crippen molar-refractivity contribution in [2.75, 3.05) is 13.1 Å². The molecule has 102 valence electrons. The Kier molecular flexibility index (Phi) is 3.60. The molecule has 0 radical (unpaired) electrons. The number of rotatable bonds is 1. The number of carbonyl (C=O) groups excluding carboxylic acids is 1. The first-order chi connectivity index (χ1) is 8.75. The van der Waals surface area contributed by atoms with Crippen molar-refractivity contribution in [1.29, 1.82) is 0 Å². The molecule has 4 unspecified atom stereocenters. The third-order valence-electron chi connectivity index (χ3n) is 5.26. The van der Waals surface area contributed by atoms with Crippen LogP contribution in [0.2, 0.25) is 0 Å². The first-order valence-electron chi connectivity index (χ1n) is 7.79. The third kappa shape index (κ3) is 2.29. The molecule has 0 spiro atoms. The molecule has 2 heterocycles. The van der Waals surface area contributed by atoms with Crippen molar-refractivity contribution in [3.8, 4) is 0 Å². The highest BCUT2D eigenvalue weighted by atomic mass is 16.2. The van der Waals surface area contributed by atoms with Gasteiger partial charge in [0.15, 0.2) is 0 Å². The standard InChI is InChI=1S/C15H26N2O/c1-11-6-8-16-13(10-11)15(18)17-9-7-12-4-2-3-5-14(12)17/h11-14,16H,2-10H2,1H3. The van der Waals surface area contributed by atoms with Gasteiger partial charge in [-0.1, -0.05) is 19.8 Å². The van der Waals surface area contributed by atoms with Gasteiger partial charge in [0.25, 0.3) is 0 Å². The van der Waals surface area contributed by atoms with Crippen LogP contribution in [0.25, 0.3) is 0 Å². The molecule has 1 amide bonds. The Morgan fingerprint density at radius 2 is 2.00 bits per heavy atom. The van der Waals surface area contributed by atoms with E-state index < -0.39 is 0 Å². The van der Waals surface area contributed by atoms with E-state index in [1.54, 1.807) is 0 Å². The number of fused-ring (bicyclic) bond motifs is 1. The maximum absolute atomic E-state index is 12.7. The van der Waals surface area contributed by atoms with Gasteiger partial charge >= 0.3 is 0 Å². The summed E-state index contributed by atoms with van der Waals surface area (Å²) in [6.45, 7) is 4.30. The second-order valence-corrected chi connectivity index (χ2v) is 6.57. The van der Waals surface area contributed by atoms with E-state index in [2.05, 4.69) is 17.1 Å². The predicted octanol–water partition coefficient (Wildman–Crippen LogP) is 2.17. The largest absolute Gasteiger partial charge is 0.338 e. The predicted molar refractivity (Wildman–Crippen MR) is 72.3 cm³/mol. The highest BCUT2D eigenvalue weighted by Crippen LogP contribution is 2.36. The van der Waals surface area contributed by atoms with Crippen LogP contribution in [0.15, 0.2) is 0 Å². The summed E-state index contributed by atoms with van der Waals surface area (Å²) < 4.78 is 0. The van der Waals surface area contributed by atoms with Crippen LogP contribution in [0.1, 0.15) is 51.9 Å². The zero-order valence-corrected chi connectivity index (χ0v) is 11.5. The molecule has 4 atom stereocenters. The van der Waals surface area contributed by atoms with E-state index in [4.69, 9.17) is 0 Å². The van der Waals surface area contributed by atoms with Gasteiger partial charge in [-0.15, -0.1) is 0 Å². The molecule has 3 aliphatic rings. The Labute approximate surface area is 110 Å². The summed E-state index contributed by atoms with van der Waals surface area (Å²) in [5.74, 6) is 1.91. The minimum Gasteiger partial charge on any atom is -0.338 e. The number of carbonyl (C=O) groups is 1. The number of piperidine rings is 1. The van der Waals surface area contributed by atoms with E-state index in [0.717, 1.165) is 25.4 Å². The first kappa shape index (κ1) is 12.5. The van der Waals surface area contributed by atoms with E-state index in [1.165, 1.54) is 38.5 Å². The Balaban J connectivity index is 1.65. The maximum atomic E-state index is 12.7. The van der Waals surface area contributed by atoms with Crippen LogP contribution >= 0.6 is 0 Å². The molecule has 2 saturated heterocycles. The van der Waals surface area contributed by atoms with Crippen LogP contribution in [-0.4, -0.2) is 36.0 Å². The second kappa shape index (κ2) is 5.20. The summed E-state index contributed by atoms with van der Waals surface area (Å²) in [6, 6.07) is 0.680. The molecule has 3 rings (SSSR count). The highest BCUT2D eigenvalue weighted by Gasteiger charge is 2.40. The lowest BCUT2D eigenvalue weighted by Crippen LogP contribution is -2.52. The molecule has 2 aliphatic heterocycles. The van der Waals surface area contributed by atoms with Crippen molar-refractivity contribution < 1.29 is 4.79 Å². The van der Waals surface area contributed by atoms with Gasteiger partial charge in [0.2, 0.25) is 5.91 Å². The topological polar surface area (TPSA) is 32.3 Å². The lowest BCUT2D eigenvalue weighted by molar-refractivity contribution is -0.136. The van der Waals surface area contributed by atoms with Crippen LogP contribution in [-0.2, 0) is 4.79 Å². The molecule has 0 aromatic carbocycles. The van der Waals surface area contributed by atoms with Gasteiger partial charge in [-0.2, -0.15) is 0 Å². The monoisotopic (exact) mass is 250 g/mol. The number of likely N-dealkylation sites (tertiary alicyclic amines) is 1. The third-order valence-corrected chi connectivity index (χ3v) is 5.26. The summed E-state index contributed by atoms with van der Waals surface area (Å²) in [4.78, 5) is 14.9. The van der Waals surface area contributed by atoms with Crippen LogP contribution in [0, 0.1) is 11.8 Å². The summed E-state index contributed by atoms with van der Waals surface area (Å²) in [7, 11) is 0. The van der Waals surface area contributed by atoms with E-state index in [9.17, 15) is 4.79 Å². The van der Waals surface area contributed by atoms with Crippen LogP contribution in [0.4, 0.5) is 0 Å². The molecule has 0 bridgehead atoms. The highest BCUT2D eigenvalue weighted by molar-refractivity contribution is 5.82. The maximum Gasteiger partial charge on any atom is 0.239 e. The Morgan fingerprint density at radius 3 is 2.83 bits per heavy atom. The fourth-order valence-electron chi connectivity index (χ4n) is 4.18. The van der Waals surface area contributed by atoms with Crippen molar-refractivity contribution in [3.63, 3.8) is 0 Å². The second-order valence-electron chi connectivity index (χ2n) is 6.57. The summed E-state index contributed by atoms with van der Waals surface area (Å²) in [5, 5.41) is 3.43. The summed E-state index contributed by atoms with van der Waals surface area (Å²) in [6.07, 6.45) is 8.80. The number of hydrogen-bond acceptors (Lipinski definition) is 2. The van der Waals surface area contributed by atoms with E-state index in [0.29, 0.717) is 17.9 Å². The Bertz CT molecular complexity index is 318. The first-order valence-corrected chi connectivity index (χ1v) is 7.79. The fraction of sp³-hybridized carbons (Fsp3) is 0.933. The van der Waals surface area contributed by atoms with Crippen LogP contribution < -0.4 is 5.32 Å². The summed E-state index contributed by atoms with van der Waals surface area (Å²) >= 11 is 0. The van der Waals surface area contributed by atoms with E-state index >= 15 is 0 Å². The van der Waals surface area contributed by atoms with Gasteiger partial charge in [0.1, 0.15) is 0 Å². The van der Waals surface area contributed by atoms with Crippen molar-refractivity contribution in [2.24, 2.45) is 11.8 Å². The van der Waals surface area contributed by atoms with Crippen molar-refractivity contribution in [1.82, 2.24) is 10.2 Å². The van der Waals surface area contributed by atoms with E-state index in [-0.39, 0.29) is 6.04 Å². The van der Waals surface area contributed by atoms with Gasteiger partial charge in [-0.3, -0.25) is 4.79 Å². The Morgan fingerprint density at radius 1 is 1.17 bits per heavy atom. The molecule has 3 fully saturated rings. The molecular formula is C15H26N2O. The van der Waals surface area contributed by atoms with Gasteiger partial charge < -0.3 is 10.2 Å². The lowest BCUT2D eigenvalue weighted by atomic mass is 9.85. The molecule has 0 aromatic rings. The Hall–Kier alpha value is -0.570. The van der Waals surface area contributed by atoms with Gasteiger partial charge in [0.05, 0.1) is 6.04 Å². The van der Waals surface area contributed by atoms with E-state index in [1.807, 2.05) is 0 Å². The lowest BCUT2D eigenvalue weighted by Gasteiger charge is -2.36. The molecule has 3 nitrogen and oxygen atoms in total. The molecular weight excluding hydrogens is 224 g/mol. The minimum absolute atomic E-state index is 0.106. The number of nitrogens with zero attached hydrogens (tertiary/aromatic N) is 1. The average molecular weight is 250 g/mol. The molecule has 1 saturated carbocycles. The average Bonchev–Trinajstić information content (AvgIpc) is 2.82. The minimum atomic E-state index is 0.106. The fourth-order valence-corrected chi connectivity index (χ4v) is 4.18. The van der Waals surface area contributed by atoms with Gasteiger partial charge in [-0.05, 0) is 50.5 Å². The number of hydrogen-bond donors (Lipinski definition) is 1. The van der Waals surface area contributed by atoms with Crippen molar-refractivity contribution in [3.05, 3.63) is 0 Å². The number of amides is 1. The SMILES string of the molecule is CC1CCNC(C(=O)N2CCC3CCCCC32)C1.